The number of fused-ring (bicyclic) bond motifs is 1. The fourth-order valence-electron chi connectivity index (χ4n) is 1.11. The van der Waals surface area contributed by atoms with E-state index in [1.54, 1.807) is 23.7 Å². The Labute approximate surface area is 86.2 Å². The molecule has 0 spiro atoms. The van der Waals surface area contributed by atoms with E-state index >= 15 is 0 Å². The van der Waals surface area contributed by atoms with Crippen LogP contribution in [0.1, 0.15) is 24.8 Å². The second-order valence-corrected chi connectivity index (χ2v) is 4.39. The first-order valence-corrected chi connectivity index (χ1v) is 5.33. The van der Waals surface area contributed by atoms with Crippen LogP contribution in [0.2, 0.25) is 0 Å². The van der Waals surface area contributed by atoms with Gasteiger partial charge in [-0.15, -0.1) is 0 Å². The lowest BCUT2D eigenvalue weighted by atomic mass is 10.1. The van der Waals surface area contributed by atoms with Gasteiger partial charge in [-0.3, -0.25) is 0 Å². The summed E-state index contributed by atoms with van der Waals surface area (Å²) in [7, 11) is 0. The third-order valence-corrected chi connectivity index (χ3v) is 3.40. The summed E-state index contributed by atoms with van der Waals surface area (Å²) in [5, 5.41) is 1.02. The molecule has 0 fully saturated rings. The summed E-state index contributed by atoms with van der Waals surface area (Å²) in [6.45, 7) is 4.06. The van der Waals surface area contributed by atoms with Gasteiger partial charge in [0.05, 0.1) is 0 Å². The molecular formula is C9H12N4S. The molecule has 0 aliphatic carbocycles. The average molecular weight is 208 g/mol. The van der Waals surface area contributed by atoms with Crippen molar-refractivity contribution in [2.24, 2.45) is 5.73 Å². The quantitative estimate of drug-likeness (QED) is 0.813. The first-order valence-electron chi connectivity index (χ1n) is 4.51. The highest BCUT2D eigenvalue weighted by Crippen LogP contribution is 2.25. The third-order valence-electron chi connectivity index (χ3n) is 2.24. The van der Waals surface area contributed by atoms with Crippen LogP contribution in [0.25, 0.3) is 10.5 Å². The number of nitrogens with zero attached hydrogens (tertiary/aromatic N) is 3. The monoisotopic (exact) mass is 208 g/mol. The van der Waals surface area contributed by atoms with Crippen LogP contribution in [0, 0.1) is 0 Å². The predicted molar refractivity (Wildman–Crippen MR) is 57.3 cm³/mol. The molecule has 2 aromatic heterocycles. The molecule has 0 amide bonds. The maximum absolute atomic E-state index is 5.82. The van der Waals surface area contributed by atoms with Gasteiger partial charge in [0.1, 0.15) is 5.01 Å². The maximum Gasteiger partial charge on any atom is 0.189 e. The van der Waals surface area contributed by atoms with E-state index in [9.17, 15) is 0 Å². The van der Waals surface area contributed by atoms with Gasteiger partial charge in [-0.1, -0.05) is 18.3 Å². The van der Waals surface area contributed by atoms with Gasteiger partial charge in [-0.05, 0) is 6.92 Å². The topological polar surface area (TPSA) is 64.7 Å². The minimum absolute atomic E-state index is 0.107. The van der Waals surface area contributed by atoms with Gasteiger partial charge < -0.3 is 5.73 Å². The van der Waals surface area contributed by atoms with Crippen LogP contribution in [0.15, 0.2) is 12.4 Å². The second-order valence-electron chi connectivity index (χ2n) is 3.38. The van der Waals surface area contributed by atoms with Crippen molar-refractivity contribution in [3.05, 3.63) is 17.4 Å². The largest absolute Gasteiger partial charge is 0.327 e. The molecule has 2 rings (SSSR count). The van der Waals surface area contributed by atoms with Crippen molar-refractivity contribution in [1.29, 1.82) is 0 Å². The molecule has 2 unspecified atom stereocenters. The van der Waals surface area contributed by atoms with Crippen molar-refractivity contribution >= 4 is 21.8 Å². The molecule has 0 aliphatic heterocycles. The zero-order chi connectivity index (χ0) is 10.1. The number of hydrogen-bond acceptors (Lipinski definition) is 5. The normalized spacial score (nSPS) is 15.6. The first kappa shape index (κ1) is 9.48. The maximum atomic E-state index is 5.82. The van der Waals surface area contributed by atoms with E-state index in [-0.39, 0.29) is 12.0 Å². The minimum atomic E-state index is 0.107. The number of hydrogen-bond donors (Lipinski definition) is 1. The molecule has 0 bridgehead atoms. The number of aromatic nitrogens is 3. The molecule has 0 saturated heterocycles. The predicted octanol–water partition coefficient (Wildman–Crippen LogP) is 1.54. The van der Waals surface area contributed by atoms with Gasteiger partial charge in [-0.25, -0.2) is 15.0 Å². The molecule has 4 nitrogen and oxygen atoms in total. The average Bonchev–Trinajstić information content (AvgIpc) is 2.59. The van der Waals surface area contributed by atoms with Crippen molar-refractivity contribution in [3.63, 3.8) is 0 Å². The molecule has 0 radical (unpaired) electrons. The molecule has 0 aromatic carbocycles. The second kappa shape index (κ2) is 3.59. The Balaban J connectivity index is 2.45. The highest BCUT2D eigenvalue weighted by atomic mass is 32.1. The van der Waals surface area contributed by atoms with E-state index in [0.29, 0.717) is 0 Å². The van der Waals surface area contributed by atoms with Crippen LogP contribution in [0.3, 0.4) is 0 Å². The molecule has 14 heavy (non-hydrogen) atoms. The molecule has 74 valence electrons. The fraction of sp³-hybridized carbons (Fsp3) is 0.444. The molecular weight excluding hydrogens is 196 g/mol. The first-order chi connectivity index (χ1) is 6.68. The summed E-state index contributed by atoms with van der Waals surface area (Å²) in [4.78, 5) is 13.6. The Morgan fingerprint density at radius 2 is 2.00 bits per heavy atom. The summed E-state index contributed by atoms with van der Waals surface area (Å²) in [6.07, 6.45) is 3.34. The van der Waals surface area contributed by atoms with Crippen LogP contribution in [0.5, 0.6) is 0 Å². The summed E-state index contributed by atoms with van der Waals surface area (Å²) in [6, 6.07) is 0.107. The van der Waals surface area contributed by atoms with Crippen molar-refractivity contribution in [3.8, 4) is 0 Å². The van der Waals surface area contributed by atoms with Gasteiger partial charge in [0.15, 0.2) is 10.5 Å². The van der Waals surface area contributed by atoms with Crippen LogP contribution < -0.4 is 5.73 Å². The lowest BCUT2D eigenvalue weighted by Crippen LogP contribution is -2.22. The van der Waals surface area contributed by atoms with E-state index in [4.69, 9.17) is 5.73 Å². The Morgan fingerprint density at radius 3 is 2.64 bits per heavy atom. The van der Waals surface area contributed by atoms with Gasteiger partial charge >= 0.3 is 0 Å². The molecule has 2 atom stereocenters. The van der Waals surface area contributed by atoms with Gasteiger partial charge in [0.2, 0.25) is 0 Å². The van der Waals surface area contributed by atoms with E-state index in [1.165, 1.54) is 0 Å². The Bertz CT molecular complexity index is 404. The summed E-state index contributed by atoms with van der Waals surface area (Å²) in [5.41, 5.74) is 6.54. The molecule has 2 heterocycles. The fourth-order valence-corrected chi connectivity index (χ4v) is 2.15. The standard InChI is InChI=1S/C9H12N4S/c1-5(6(2)10)8-13-7-9(14-8)12-4-3-11-7/h3-6H,10H2,1-2H3. The van der Waals surface area contributed by atoms with E-state index in [2.05, 4.69) is 21.9 Å². The van der Waals surface area contributed by atoms with Crippen LogP contribution >= 0.6 is 11.3 Å². The van der Waals surface area contributed by atoms with Crippen molar-refractivity contribution in [2.75, 3.05) is 0 Å². The van der Waals surface area contributed by atoms with Crippen molar-refractivity contribution < 1.29 is 0 Å². The number of nitrogens with two attached hydrogens (primary N) is 1. The van der Waals surface area contributed by atoms with Gasteiger partial charge in [0, 0.05) is 24.4 Å². The van der Waals surface area contributed by atoms with Gasteiger partial charge in [-0.2, -0.15) is 0 Å². The molecule has 2 N–H and O–H groups in total. The summed E-state index contributed by atoms with van der Waals surface area (Å²) >= 11 is 1.57. The Morgan fingerprint density at radius 1 is 1.29 bits per heavy atom. The third kappa shape index (κ3) is 1.60. The van der Waals surface area contributed by atoms with Crippen molar-refractivity contribution in [1.82, 2.24) is 15.0 Å². The number of thiazole rings is 1. The van der Waals surface area contributed by atoms with E-state index in [1.807, 2.05) is 6.92 Å². The Kier molecular flexibility index (Phi) is 2.43. The zero-order valence-corrected chi connectivity index (χ0v) is 8.95. The van der Waals surface area contributed by atoms with E-state index in [0.717, 1.165) is 15.5 Å². The summed E-state index contributed by atoms with van der Waals surface area (Å²) < 4.78 is 0. The highest BCUT2D eigenvalue weighted by Gasteiger charge is 2.15. The lowest BCUT2D eigenvalue weighted by Gasteiger charge is -2.10. The zero-order valence-electron chi connectivity index (χ0n) is 8.14. The van der Waals surface area contributed by atoms with Crippen LogP contribution in [-0.4, -0.2) is 21.0 Å². The number of rotatable bonds is 2. The van der Waals surface area contributed by atoms with E-state index < -0.39 is 0 Å². The van der Waals surface area contributed by atoms with Crippen LogP contribution in [0.4, 0.5) is 0 Å². The molecule has 0 aliphatic rings. The summed E-state index contributed by atoms with van der Waals surface area (Å²) in [5.74, 6) is 0.260. The molecule has 5 heteroatoms. The SMILES string of the molecule is CC(N)C(C)c1nc2nccnc2s1. The van der Waals surface area contributed by atoms with Crippen LogP contribution in [-0.2, 0) is 0 Å². The molecule has 0 saturated carbocycles. The lowest BCUT2D eigenvalue weighted by molar-refractivity contribution is 0.610. The smallest absolute Gasteiger partial charge is 0.189 e. The molecule has 2 aromatic rings. The van der Waals surface area contributed by atoms with Gasteiger partial charge in [0.25, 0.3) is 0 Å². The Hall–Kier alpha value is -1.07. The highest BCUT2D eigenvalue weighted by molar-refractivity contribution is 7.18. The van der Waals surface area contributed by atoms with Crippen molar-refractivity contribution in [2.45, 2.75) is 25.8 Å². The minimum Gasteiger partial charge on any atom is -0.327 e.